The van der Waals surface area contributed by atoms with Gasteiger partial charge in [-0.3, -0.25) is 9.48 Å². The Morgan fingerprint density at radius 3 is 2.71 bits per heavy atom. The average molecular weight is 305 g/mol. The first-order chi connectivity index (χ1) is 9.88. The third kappa shape index (κ3) is 3.38. The molecule has 0 radical (unpaired) electrons. The molecule has 2 N–H and O–H groups in total. The maximum atomic E-state index is 11.9. The highest BCUT2D eigenvalue weighted by Crippen LogP contribution is 2.32. The molecule has 0 saturated heterocycles. The molecule has 0 bridgehead atoms. The number of nitrogens with one attached hydrogen (secondary N) is 1. The zero-order valence-corrected chi connectivity index (χ0v) is 12.7. The van der Waals surface area contributed by atoms with E-state index < -0.39 is 5.97 Å². The van der Waals surface area contributed by atoms with Crippen LogP contribution in [0.3, 0.4) is 0 Å². The number of carbonyl (C=O) groups excluding carboxylic acids is 1. The van der Waals surface area contributed by atoms with Gasteiger partial charge in [-0.1, -0.05) is 0 Å². The van der Waals surface area contributed by atoms with E-state index in [9.17, 15) is 14.7 Å². The molecule has 2 aromatic heterocycles. The predicted octanol–water partition coefficient (Wildman–Crippen LogP) is 2.45. The molecule has 6 nitrogen and oxygen atoms in total. The minimum Gasteiger partial charge on any atom is -0.478 e. The fraction of sp³-hybridized carbons (Fsp3) is 0.214. The fourth-order valence-electron chi connectivity index (χ4n) is 1.82. The molecule has 21 heavy (non-hydrogen) atoms. The zero-order valence-electron chi connectivity index (χ0n) is 11.9. The van der Waals surface area contributed by atoms with E-state index in [4.69, 9.17) is 0 Å². The van der Waals surface area contributed by atoms with Crippen LogP contribution in [0.5, 0.6) is 0 Å². The summed E-state index contributed by atoms with van der Waals surface area (Å²) >= 11 is 1.26. The Morgan fingerprint density at radius 2 is 2.14 bits per heavy atom. The minimum atomic E-state index is -1.04. The van der Waals surface area contributed by atoms with E-state index in [1.54, 1.807) is 37.1 Å². The first kappa shape index (κ1) is 15.0. The summed E-state index contributed by atoms with van der Waals surface area (Å²) in [6.07, 6.45) is 6.38. The van der Waals surface area contributed by atoms with Crippen molar-refractivity contribution in [3.8, 4) is 0 Å². The highest BCUT2D eigenvalue weighted by Gasteiger charge is 2.19. The Hall–Kier alpha value is -2.41. The lowest BCUT2D eigenvalue weighted by Crippen LogP contribution is -2.10. The number of aromatic nitrogens is 2. The van der Waals surface area contributed by atoms with E-state index in [0.29, 0.717) is 10.6 Å². The summed E-state index contributed by atoms with van der Waals surface area (Å²) in [5.41, 5.74) is 1.63. The molecule has 0 fully saturated rings. The lowest BCUT2D eigenvalue weighted by Gasteiger charge is -2.01. The van der Waals surface area contributed by atoms with Crippen molar-refractivity contribution in [3.63, 3.8) is 0 Å². The Labute approximate surface area is 125 Å². The number of anilines is 1. The summed E-state index contributed by atoms with van der Waals surface area (Å²) in [6.45, 7) is 3.56. The van der Waals surface area contributed by atoms with Crippen molar-refractivity contribution in [1.29, 1.82) is 0 Å². The summed E-state index contributed by atoms with van der Waals surface area (Å²) in [4.78, 5) is 24.0. The van der Waals surface area contributed by atoms with E-state index in [1.165, 1.54) is 17.4 Å². The molecule has 0 aliphatic heterocycles. The number of nitrogens with zero attached hydrogens (tertiary/aromatic N) is 2. The third-order valence-electron chi connectivity index (χ3n) is 2.99. The van der Waals surface area contributed by atoms with E-state index >= 15 is 0 Å². The Morgan fingerprint density at radius 1 is 1.43 bits per heavy atom. The van der Waals surface area contributed by atoms with Gasteiger partial charge in [-0.25, -0.2) is 4.79 Å². The molecule has 2 heterocycles. The fourth-order valence-corrected chi connectivity index (χ4v) is 2.88. The first-order valence-electron chi connectivity index (χ1n) is 6.19. The largest absolute Gasteiger partial charge is 0.478 e. The lowest BCUT2D eigenvalue weighted by molar-refractivity contribution is -0.111. The van der Waals surface area contributed by atoms with Crippen LogP contribution in [-0.4, -0.2) is 26.8 Å². The van der Waals surface area contributed by atoms with E-state index in [0.717, 1.165) is 10.4 Å². The molecule has 1 amide bonds. The SMILES string of the molecule is Cc1sc(NC(=O)/C=C/c2cnn(C)c2)c(C(=O)O)c1C. The van der Waals surface area contributed by atoms with Crippen molar-refractivity contribution in [2.75, 3.05) is 5.32 Å². The van der Waals surface area contributed by atoms with Gasteiger partial charge in [0.25, 0.3) is 0 Å². The van der Waals surface area contributed by atoms with Crippen LogP contribution in [0.15, 0.2) is 18.5 Å². The van der Waals surface area contributed by atoms with Crippen LogP contribution in [0.25, 0.3) is 6.08 Å². The highest BCUT2D eigenvalue weighted by atomic mass is 32.1. The minimum absolute atomic E-state index is 0.153. The second-order valence-electron chi connectivity index (χ2n) is 4.56. The third-order valence-corrected chi connectivity index (χ3v) is 4.11. The molecule has 0 unspecified atom stereocenters. The standard InChI is InChI=1S/C14H15N3O3S/c1-8-9(2)21-13(12(8)14(19)20)16-11(18)5-4-10-6-15-17(3)7-10/h4-7H,1-3H3,(H,16,18)(H,19,20)/b5-4+. The number of carboxylic acid groups (broad SMARTS) is 1. The van der Waals surface area contributed by atoms with Crippen LogP contribution in [-0.2, 0) is 11.8 Å². The van der Waals surface area contributed by atoms with Crippen molar-refractivity contribution in [2.45, 2.75) is 13.8 Å². The van der Waals surface area contributed by atoms with Gasteiger partial charge in [0.2, 0.25) is 5.91 Å². The second kappa shape index (κ2) is 5.92. The number of carboxylic acids is 1. The quantitative estimate of drug-likeness (QED) is 0.850. The van der Waals surface area contributed by atoms with Crippen LogP contribution < -0.4 is 5.32 Å². The monoisotopic (exact) mass is 305 g/mol. The van der Waals surface area contributed by atoms with Gasteiger partial charge in [-0.05, 0) is 25.5 Å². The van der Waals surface area contributed by atoms with Gasteiger partial charge in [0.05, 0.1) is 11.8 Å². The van der Waals surface area contributed by atoms with Gasteiger partial charge in [0.1, 0.15) is 5.00 Å². The summed E-state index contributed by atoms with van der Waals surface area (Å²) in [7, 11) is 1.79. The van der Waals surface area contributed by atoms with Gasteiger partial charge in [-0.2, -0.15) is 5.10 Å². The topological polar surface area (TPSA) is 84.2 Å². The number of rotatable bonds is 4. The van der Waals surface area contributed by atoms with Gasteiger partial charge >= 0.3 is 5.97 Å². The summed E-state index contributed by atoms with van der Waals surface area (Å²) in [5, 5.41) is 16.2. The molecule has 7 heteroatoms. The van der Waals surface area contributed by atoms with E-state index in [2.05, 4.69) is 10.4 Å². The number of aromatic carboxylic acids is 1. The Balaban J connectivity index is 2.15. The number of thiophene rings is 1. The van der Waals surface area contributed by atoms with Crippen LogP contribution in [0.4, 0.5) is 5.00 Å². The number of hydrogen-bond donors (Lipinski definition) is 2. The predicted molar refractivity (Wildman–Crippen MR) is 81.6 cm³/mol. The van der Waals surface area contributed by atoms with Gasteiger partial charge < -0.3 is 10.4 Å². The van der Waals surface area contributed by atoms with Crippen LogP contribution in [0.1, 0.15) is 26.4 Å². The normalized spacial score (nSPS) is 11.0. The lowest BCUT2D eigenvalue weighted by atomic mass is 10.1. The second-order valence-corrected chi connectivity index (χ2v) is 5.79. The first-order valence-corrected chi connectivity index (χ1v) is 7.01. The van der Waals surface area contributed by atoms with Gasteiger partial charge in [-0.15, -0.1) is 11.3 Å². The number of aryl methyl sites for hydroxylation is 2. The van der Waals surface area contributed by atoms with Crippen molar-refractivity contribution >= 4 is 34.3 Å². The molecule has 0 saturated carbocycles. The number of amides is 1. The molecule has 0 atom stereocenters. The molecule has 2 rings (SSSR count). The Bertz CT molecular complexity index is 728. The molecule has 0 aromatic carbocycles. The summed E-state index contributed by atoms with van der Waals surface area (Å²) < 4.78 is 1.63. The van der Waals surface area contributed by atoms with Crippen LogP contribution in [0, 0.1) is 13.8 Å². The molecule has 0 aliphatic carbocycles. The van der Waals surface area contributed by atoms with E-state index in [-0.39, 0.29) is 11.5 Å². The molecule has 2 aromatic rings. The molecule has 0 spiro atoms. The molecule has 110 valence electrons. The molecular formula is C14H15N3O3S. The van der Waals surface area contributed by atoms with Crippen LogP contribution in [0.2, 0.25) is 0 Å². The van der Waals surface area contributed by atoms with Crippen LogP contribution >= 0.6 is 11.3 Å². The van der Waals surface area contributed by atoms with Crippen molar-refractivity contribution < 1.29 is 14.7 Å². The smallest absolute Gasteiger partial charge is 0.338 e. The van der Waals surface area contributed by atoms with Crippen molar-refractivity contribution in [1.82, 2.24) is 9.78 Å². The zero-order chi connectivity index (χ0) is 15.6. The Kier molecular flexibility index (Phi) is 4.23. The van der Waals surface area contributed by atoms with E-state index in [1.807, 2.05) is 6.92 Å². The van der Waals surface area contributed by atoms with Crippen molar-refractivity contribution in [2.24, 2.45) is 7.05 Å². The van der Waals surface area contributed by atoms with Gasteiger partial charge in [0.15, 0.2) is 0 Å². The number of hydrogen-bond acceptors (Lipinski definition) is 4. The molecule has 0 aliphatic rings. The summed E-state index contributed by atoms with van der Waals surface area (Å²) in [6, 6.07) is 0. The average Bonchev–Trinajstić information content (AvgIpc) is 2.92. The van der Waals surface area contributed by atoms with Gasteiger partial charge in [0, 0.05) is 29.8 Å². The highest BCUT2D eigenvalue weighted by molar-refractivity contribution is 7.16. The maximum Gasteiger partial charge on any atom is 0.338 e. The molecular weight excluding hydrogens is 290 g/mol. The van der Waals surface area contributed by atoms with Crippen molar-refractivity contribution in [3.05, 3.63) is 40.0 Å². The maximum absolute atomic E-state index is 11.9. The summed E-state index contributed by atoms with van der Waals surface area (Å²) in [5.74, 6) is -1.41. The number of carbonyl (C=O) groups is 2.